The Morgan fingerprint density at radius 3 is 2.48 bits per heavy atom. The predicted octanol–water partition coefficient (Wildman–Crippen LogP) is 0.452. The topological polar surface area (TPSA) is 105 Å². The average molecular weight is 354 g/mol. The van der Waals surface area contributed by atoms with Gasteiger partial charge in [0.15, 0.2) is 0 Å². The number of alkyl carbamates (subject to hydrolysis) is 1. The molecular weight excluding hydrogens is 324 g/mol. The molecule has 8 nitrogen and oxygen atoms in total. The van der Waals surface area contributed by atoms with E-state index in [0.29, 0.717) is 13.1 Å². The number of nitrogens with two attached hydrogens (primary N) is 1. The highest BCUT2D eigenvalue weighted by atomic mass is 16.6. The summed E-state index contributed by atoms with van der Waals surface area (Å²) >= 11 is 0. The van der Waals surface area contributed by atoms with Crippen molar-refractivity contribution in [3.63, 3.8) is 0 Å². The smallest absolute Gasteiger partial charge is 0.408 e. The van der Waals surface area contributed by atoms with E-state index in [1.165, 1.54) is 0 Å². The third-order valence-electron chi connectivity index (χ3n) is 4.62. The Balaban J connectivity index is 1.85. The number of rotatable bonds is 4. The van der Waals surface area contributed by atoms with Gasteiger partial charge >= 0.3 is 6.09 Å². The maximum atomic E-state index is 12.4. The van der Waals surface area contributed by atoms with E-state index in [0.717, 1.165) is 32.2 Å². The zero-order valence-electron chi connectivity index (χ0n) is 15.4. The lowest BCUT2D eigenvalue weighted by Crippen LogP contribution is -2.55. The van der Waals surface area contributed by atoms with E-state index < -0.39 is 11.7 Å². The van der Waals surface area contributed by atoms with Gasteiger partial charge in [-0.15, -0.1) is 0 Å². The van der Waals surface area contributed by atoms with Gasteiger partial charge in [0.25, 0.3) is 0 Å². The highest BCUT2D eigenvalue weighted by molar-refractivity contribution is 5.82. The number of ether oxygens (including phenoxy) is 1. The van der Waals surface area contributed by atoms with Gasteiger partial charge in [-0.05, 0) is 53.0 Å². The first-order valence-electron chi connectivity index (χ1n) is 8.97. The lowest BCUT2D eigenvalue weighted by atomic mass is 10.0. The first-order valence-corrected chi connectivity index (χ1v) is 8.97. The maximum absolute atomic E-state index is 12.4. The second-order valence-corrected chi connectivity index (χ2v) is 7.79. The van der Waals surface area contributed by atoms with Gasteiger partial charge in [0, 0.05) is 19.1 Å². The van der Waals surface area contributed by atoms with Gasteiger partial charge in [-0.1, -0.05) is 0 Å². The van der Waals surface area contributed by atoms with Crippen LogP contribution in [0.3, 0.4) is 0 Å². The standard InChI is InChI=1S/C17H30N4O4/c1-17(2,3)25-16(24)19-10-14(22)20-8-4-6-12(11-20)21-9-5-7-13(21)15(18)23/h12-13H,4-11H2,1-3H3,(H2,18,23)(H,19,24)/t12-,13+/m1/s1. The van der Waals surface area contributed by atoms with E-state index in [-0.39, 0.29) is 30.4 Å². The number of amides is 3. The summed E-state index contributed by atoms with van der Waals surface area (Å²) in [4.78, 5) is 39.6. The van der Waals surface area contributed by atoms with Crippen LogP contribution in [0.1, 0.15) is 46.5 Å². The van der Waals surface area contributed by atoms with E-state index in [9.17, 15) is 14.4 Å². The van der Waals surface area contributed by atoms with Crippen LogP contribution in [-0.4, -0.2) is 71.6 Å². The number of nitrogens with zero attached hydrogens (tertiary/aromatic N) is 2. The van der Waals surface area contributed by atoms with Crippen LogP contribution in [0.2, 0.25) is 0 Å². The molecule has 0 aliphatic carbocycles. The van der Waals surface area contributed by atoms with Crippen LogP contribution in [0.4, 0.5) is 4.79 Å². The van der Waals surface area contributed by atoms with E-state index >= 15 is 0 Å². The molecule has 0 saturated carbocycles. The zero-order valence-corrected chi connectivity index (χ0v) is 15.4. The van der Waals surface area contributed by atoms with Crippen LogP contribution >= 0.6 is 0 Å². The zero-order chi connectivity index (χ0) is 18.6. The van der Waals surface area contributed by atoms with Crippen LogP contribution in [0, 0.1) is 0 Å². The summed E-state index contributed by atoms with van der Waals surface area (Å²) in [7, 11) is 0. The molecule has 0 radical (unpaired) electrons. The molecule has 0 unspecified atom stereocenters. The maximum Gasteiger partial charge on any atom is 0.408 e. The van der Waals surface area contributed by atoms with Gasteiger partial charge < -0.3 is 20.7 Å². The molecular formula is C17H30N4O4. The molecule has 0 spiro atoms. The minimum absolute atomic E-state index is 0.0825. The van der Waals surface area contributed by atoms with Crippen molar-refractivity contribution in [2.75, 3.05) is 26.2 Å². The molecule has 2 fully saturated rings. The quantitative estimate of drug-likeness (QED) is 0.763. The van der Waals surface area contributed by atoms with Crippen LogP contribution in [0.15, 0.2) is 0 Å². The molecule has 0 aromatic carbocycles. The molecule has 2 saturated heterocycles. The van der Waals surface area contributed by atoms with Crippen LogP contribution in [-0.2, 0) is 14.3 Å². The van der Waals surface area contributed by atoms with Gasteiger partial charge in [-0.2, -0.15) is 0 Å². The fraction of sp³-hybridized carbons (Fsp3) is 0.824. The Bertz CT molecular complexity index is 517. The Hall–Kier alpha value is -1.83. The minimum Gasteiger partial charge on any atom is -0.444 e. The molecule has 2 heterocycles. The molecule has 0 bridgehead atoms. The average Bonchev–Trinajstić information content (AvgIpc) is 3.01. The molecule has 3 amide bonds. The summed E-state index contributed by atoms with van der Waals surface area (Å²) in [6.45, 7) is 7.31. The van der Waals surface area contributed by atoms with Gasteiger partial charge in [-0.3, -0.25) is 14.5 Å². The highest BCUT2D eigenvalue weighted by Gasteiger charge is 2.36. The van der Waals surface area contributed by atoms with Crippen molar-refractivity contribution in [1.82, 2.24) is 15.1 Å². The van der Waals surface area contributed by atoms with Gasteiger partial charge in [0.2, 0.25) is 11.8 Å². The SMILES string of the molecule is CC(C)(C)OC(=O)NCC(=O)N1CCC[C@@H](N2CCC[C@H]2C(N)=O)C1. The summed E-state index contributed by atoms with van der Waals surface area (Å²) in [6, 6.07) is -0.0702. The number of carbonyl (C=O) groups is 3. The first-order chi connectivity index (χ1) is 11.7. The predicted molar refractivity (Wildman–Crippen MR) is 92.8 cm³/mol. The molecule has 0 aromatic heterocycles. The lowest BCUT2D eigenvalue weighted by Gasteiger charge is -2.39. The van der Waals surface area contributed by atoms with Gasteiger partial charge in [-0.25, -0.2) is 4.79 Å². The largest absolute Gasteiger partial charge is 0.444 e. The Morgan fingerprint density at radius 2 is 1.84 bits per heavy atom. The molecule has 3 N–H and O–H groups in total. The molecule has 2 rings (SSSR count). The summed E-state index contributed by atoms with van der Waals surface area (Å²) in [5, 5.41) is 2.51. The number of piperidine rings is 1. The number of carbonyl (C=O) groups excluding carboxylic acids is 3. The van der Waals surface area contributed by atoms with Crippen molar-refractivity contribution in [2.24, 2.45) is 5.73 Å². The molecule has 8 heteroatoms. The normalized spacial score (nSPS) is 24.8. The van der Waals surface area contributed by atoms with Crippen molar-refractivity contribution >= 4 is 17.9 Å². The van der Waals surface area contributed by atoms with Crippen molar-refractivity contribution in [3.8, 4) is 0 Å². The number of hydrogen-bond acceptors (Lipinski definition) is 5. The molecule has 0 aromatic rings. The molecule has 2 aliphatic heterocycles. The van der Waals surface area contributed by atoms with Crippen molar-refractivity contribution in [1.29, 1.82) is 0 Å². The van der Waals surface area contributed by atoms with Crippen LogP contribution in [0.25, 0.3) is 0 Å². The number of primary amides is 1. The van der Waals surface area contributed by atoms with E-state index in [4.69, 9.17) is 10.5 Å². The highest BCUT2D eigenvalue weighted by Crippen LogP contribution is 2.25. The Kier molecular flexibility index (Phi) is 6.26. The summed E-state index contributed by atoms with van der Waals surface area (Å²) in [5.41, 5.74) is 4.90. The van der Waals surface area contributed by atoms with Gasteiger partial charge in [0.1, 0.15) is 12.1 Å². The number of likely N-dealkylation sites (tertiary alicyclic amines) is 2. The second kappa shape index (κ2) is 8.03. The van der Waals surface area contributed by atoms with Crippen molar-refractivity contribution in [3.05, 3.63) is 0 Å². The summed E-state index contributed by atoms with van der Waals surface area (Å²) in [5.74, 6) is -0.419. The Labute approximate surface area is 149 Å². The lowest BCUT2D eigenvalue weighted by molar-refractivity contribution is -0.132. The Morgan fingerprint density at radius 1 is 1.16 bits per heavy atom. The van der Waals surface area contributed by atoms with E-state index in [1.54, 1.807) is 25.7 Å². The first kappa shape index (κ1) is 19.5. The summed E-state index contributed by atoms with van der Waals surface area (Å²) in [6.07, 6.45) is 2.98. The molecule has 2 atom stereocenters. The third kappa shape index (κ3) is 5.59. The number of hydrogen-bond donors (Lipinski definition) is 2. The molecule has 25 heavy (non-hydrogen) atoms. The fourth-order valence-electron chi connectivity index (χ4n) is 3.56. The third-order valence-corrected chi connectivity index (χ3v) is 4.62. The van der Waals surface area contributed by atoms with Crippen LogP contribution < -0.4 is 11.1 Å². The number of nitrogens with one attached hydrogen (secondary N) is 1. The molecule has 2 aliphatic rings. The monoisotopic (exact) mass is 354 g/mol. The van der Waals surface area contributed by atoms with E-state index in [2.05, 4.69) is 10.2 Å². The van der Waals surface area contributed by atoms with E-state index in [1.807, 2.05) is 0 Å². The van der Waals surface area contributed by atoms with Crippen LogP contribution in [0.5, 0.6) is 0 Å². The van der Waals surface area contributed by atoms with Crippen molar-refractivity contribution in [2.45, 2.75) is 64.1 Å². The second-order valence-electron chi connectivity index (χ2n) is 7.79. The minimum atomic E-state index is -0.595. The van der Waals surface area contributed by atoms with Crippen molar-refractivity contribution < 1.29 is 19.1 Å². The fourth-order valence-corrected chi connectivity index (χ4v) is 3.56. The summed E-state index contributed by atoms with van der Waals surface area (Å²) < 4.78 is 5.14. The molecule has 142 valence electrons. The van der Waals surface area contributed by atoms with Gasteiger partial charge in [0.05, 0.1) is 6.04 Å².